The van der Waals surface area contributed by atoms with E-state index < -0.39 is 0 Å². The quantitative estimate of drug-likeness (QED) is 0.764. The molecule has 2 N–H and O–H groups in total. The summed E-state index contributed by atoms with van der Waals surface area (Å²) in [5, 5.41) is 6.14. The Hall–Kier alpha value is -2.43. The number of aromatic nitrogens is 2. The van der Waals surface area contributed by atoms with E-state index in [1.54, 1.807) is 6.07 Å². The smallest absolute Gasteiger partial charge is 0.270 e. The van der Waals surface area contributed by atoms with Gasteiger partial charge in [0.15, 0.2) is 0 Å². The van der Waals surface area contributed by atoms with Crippen LogP contribution in [-0.2, 0) is 0 Å². The highest BCUT2D eigenvalue weighted by Gasteiger charge is 2.09. The van der Waals surface area contributed by atoms with E-state index in [0.717, 1.165) is 30.5 Å². The molecule has 1 aromatic heterocycles. The van der Waals surface area contributed by atoms with Crippen molar-refractivity contribution in [2.45, 2.75) is 40.0 Å². The number of anilines is 2. The van der Waals surface area contributed by atoms with Crippen LogP contribution in [0.25, 0.3) is 0 Å². The Morgan fingerprint density at radius 3 is 2.78 bits per heavy atom. The number of rotatable bonds is 7. The summed E-state index contributed by atoms with van der Waals surface area (Å²) in [6, 6.07) is 7.73. The Morgan fingerprint density at radius 1 is 1.17 bits per heavy atom. The lowest BCUT2D eigenvalue weighted by Crippen LogP contribution is -2.25. The van der Waals surface area contributed by atoms with Crippen molar-refractivity contribution in [2.75, 3.05) is 11.9 Å². The van der Waals surface area contributed by atoms with Gasteiger partial charge < -0.3 is 10.6 Å². The molecule has 1 heterocycles. The Morgan fingerprint density at radius 2 is 2.00 bits per heavy atom. The first-order valence-electron chi connectivity index (χ1n) is 8.05. The average molecular weight is 312 g/mol. The number of hydrogen-bond acceptors (Lipinski definition) is 4. The van der Waals surface area contributed by atoms with Crippen LogP contribution in [0.2, 0.25) is 0 Å². The van der Waals surface area contributed by atoms with Crippen molar-refractivity contribution in [1.29, 1.82) is 0 Å². The molecule has 0 radical (unpaired) electrons. The Balaban J connectivity index is 2.04. The van der Waals surface area contributed by atoms with Gasteiger partial charge in [0.25, 0.3) is 5.91 Å². The molecule has 0 aliphatic rings. The summed E-state index contributed by atoms with van der Waals surface area (Å²) in [6.07, 6.45) is 4.64. The van der Waals surface area contributed by atoms with Crippen LogP contribution in [-0.4, -0.2) is 22.4 Å². The molecule has 23 heavy (non-hydrogen) atoms. The van der Waals surface area contributed by atoms with Gasteiger partial charge in [-0.15, -0.1) is 0 Å². The molecular formula is C18H24N4O. The number of amides is 1. The summed E-state index contributed by atoms with van der Waals surface area (Å²) in [7, 11) is 0. The third kappa shape index (κ3) is 4.77. The largest absolute Gasteiger partial charge is 0.351 e. The molecule has 0 spiro atoms. The molecule has 0 aliphatic heterocycles. The summed E-state index contributed by atoms with van der Waals surface area (Å²) in [4.78, 5) is 20.4. The first kappa shape index (κ1) is 16.9. The van der Waals surface area contributed by atoms with Crippen molar-refractivity contribution < 1.29 is 4.79 Å². The first-order chi connectivity index (χ1) is 11.1. The second-order valence-corrected chi connectivity index (χ2v) is 5.62. The van der Waals surface area contributed by atoms with Gasteiger partial charge in [-0.3, -0.25) is 4.79 Å². The van der Waals surface area contributed by atoms with Gasteiger partial charge in [-0.2, -0.15) is 0 Å². The number of carbonyl (C=O) groups is 1. The fourth-order valence-electron chi connectivity index (χ4n) is 2.24. The predicted molar refractivity (Wildman–Crippen MR) is 93.1 cm³/mol. The standard InChI is InChI=1S/C18H24N4O/c1-4-5-6-10-19-18(23)16-11-17(21-12-20-16)22-15-9-7-8-13(2)14(15)3/h7-9,11-12H,4-6,10H2,1-3H3,(H,19,23)(H,20,21,22). The van der Waals surface area contributed by atoms with E-state index in [2.05, 4.69) is 47.4 Å². The van der Waals surface area contributed by atoms with E-state index in [1.807, 2.05) is 12.1 Å². The number of unbranched alkanes of at least 4 members (excludes halogenated alkanes) is 2. The molecule has 5 nitrogen and oxygen atoms in total. The van der Waals surface area contributed by atoms with Crippen molar-refractivity contribution in [3.63, 3.8) is 0 Å². The number of benzene rings is 1. The molecule has 1 aromatic carbocycles. The minimum Gasteiger partial charge on any atom is -0.351 e. The van der Waals surface area contributed by atoms with Gasteiger partial charge in [0.2, 0.25) is 0 Å². The number of nitrogens with zero attached hydrogens (tertiary/aromatic N) is 2. The van der Waals surface area contributed by atoms with Crippen LogP contribution < -0.4 is 10.6 Å². The number of nitrogens with one attached hydrogen (secondary N) is 2. The van der Waals surface area contributed by atoms with E-state index >= 15 is 0 Å². The van der Waals surface area contributed by atoms with Crippen LogP contribution in [0.3, 0.4) is 0 Å². The van der Waals surface area contributed by atoms with Gasteiger partial charge in [-0.25, -0.2) is 9.97 Å². The molecule has 2 rings (SSSR count). The predicted octanol–water partition coefficient (Wildman–Crippen LogP) is 3.76. The van der Waals surface area contributed by atoms with Gasteiger partial charge in [-0.05, 0) is 37.5 Å². The average Bonchev–Trinajstić information content (AvgIpc) is 2.56. The third-order valence-corrected chi connectivity index (χ3v) is 3.83. The van der Waals surface area contributed by atoms with Crippen LogP contribution in [0, 0.1) is 13.8 Å². The Labute approximate surface area is 137 Å². The highest BCUT2D eigenvalue weighted by atomic mass is 16.1. The molecule has 0 saturated carbocycles. The van der Waals surface area contributed by atoms with Crippen LogP contribution in [0.5, 0.6) is 0 Å². The lowest BCUT2D eigenvalue weighted by atomic mass is 10.1. The highest BCUT2D eigenvalue weighted by molar-refractivity contribution is 5.92. The van der Waals surface area contributed by atoms with Crippen LogP contribution >= 0.6 is 0 Å². The lowest BCUT2D eigenvalue weighted by molar-refractivity contribution is 0.0948. The van der Waals surface area contributed by atoms with Crippen molar-refractivity contribution in [3.8, 4) is 0 Å². The van der Waals surface area contributed by atoms with Gasteiger partial charge in [-0.1, -0.05) is 31.9 Å². The van der Waals surface area contributed by atoms with Gasteiger partial charge in [0, 0.05) is 18.3 Å². The third-order valence-electron chi connectivity index (χ3n) is 3.83. The van der Waals surface area contributed by atoms with E-state index in [1.165, 1.54) is 11.9 Å². The zero-order valence-electron chi connectivity index (χ0n) is 14.0. The SMILES string of the molecule is CCCCCNC(=O)c1cc(Nc2cccc(C)c2C)ncn1. The van der Waals surface area contributed by atoms with Crippen molar-refractivity contribution in [3.05, 3.63) is 47.4 Å². The fourth-order valence-corrected chi connectivity index (χ4v) is 2.24. The molecule has 0 bridgehead atoms. The van der Waals surface area contributed by atoms with E-state index in [9.17, 15) is 4.79 Å². The molecule has 0 atom stereocenters. The molecule has 122 valence electrons. The molecule has 0 unspecified atom stereocenters. The van der Waals surface area contributed by atoms with E-state index in [4.69, 9.17) is 0 Å². The molecular weight excluding hydrogens is 288 g/mol. The fraction of sp³-hybridized carbons (Fsp3) is 0.389. The monoisotopic (exact) mass is 312 g/mol. The maximum Gasteiger partial charge on any atom is 0.270 e. The molecule has 5 heteroatoms. The molecule has 1 amide bonds. The van der Waals surface area contributed by atoms with Gasteiger partial charge in [0.1, 0.15) is 17.8 Å². The van der Waals surface area contributed by atoms with Crippen LogP contribution in [0.4, 0.5) is 11.5 Å². The highest BCUT2D eigenvalue weighted by Crippen LogP contribution is 2.21. The van der Waals surface area contributed by atoms with Gasteiger partial charge in [0.05, 0.1) is 0 Å². The topological polar surface area (TPSA) is 66.9 Å². The van der Waals surface area contributed by atoms with Crippen LogP contribution in [0.1, 0.15) is 47.8 Å². The van der Waals surface area contributed by atoms with E-state index in [0.29, 0.717) is 18.1 Å². The summed E-state index contributed by atoms with van der Waals surface area (Å²) in [5.41, 5.74) is 3.73. The number of carbonyl (C=O) groups excluding carboxylic acids is 1. The van der Waals surface area contributed by atoms with Gasteiger partial charge >= 0.3 is 0 Å². The van der Waals surface area contributed by atoms with Crippen molar-refractivity contribution in [1.82, 2.24) is 15.3 Å². The molecule has 0 aliphatic carbocycles. The molecule has 0 fully saturated rings. The Kier molecular flexibility index (Phi) is 6.09. The van der Waals surface area contributed by atoms with E-state index in [-0.39, 0.29) is 5.91 Å². The second kappa shape index (κ2) is 8.27. The Bertz CT molecular complexity index is 670. The maximum atomic E-state index is 12.1. The molecule has 2 aromatic rings. The number of hydrogen-bond donors (Lipinski definition) is 2. The molecule has 0 saturated heterocycles. The number of aryl methyl sites for hydroxylation is 1. The zero-order valence-corrected chi connectivity index (χ0v) is 14.0. The zero-order chi connectivity index (χ0) is 16.7. The summed E-state index contributed by atoms with van der Waals surface area (Å²) >= 11 is 0. The second-order valence-electron chi connectivity index (χ2n) is 5.62. The summed E-state index contributed by atoms with van der Waals surface area (Å²) in [6.45, 7) is 6.93. The van der Waals surface area contributed by atoms with Crippen molar-refractivity contribution >= 4 is 17.4 Å². The first-order valence-corrected chi connectivity index (χ1v) is 8.05. The summed E-state index contributed by atoms with van der Waals surface area (Å²) < 4.78 is 0. The lowest BCUT2D eigenvalue weighted by Gasteiger charge is -2.11. The minimum absolute atomic E-state index is 0.160. The minimum atomic E-state index is -0.160. The van der Waals surface area contributed by atoms with Crippen molar-refractivity contribution in [2.24, 2.45) is 0 Å². The summed E-state index contributed by atoms with van der Waals surface area (Å²) in [5.74, 6) is 0.458. The normalized spacial score (nSPS) is 10.4. The van der Waals surface area contributed by atoms with Crippen LogP contribution in [0.15, 0.2) is 30.6 Å². The maximum absolute atomic E-state index is 12.1.